The zero-order valence-electron chi connectivity index (χ0n) is 9.35. The Morgan fingerprint density at radius 1 is 1.05 bits per heavy atom. The van der Waals surface area contributed by atoms with Crippen LogP contribution in [0.3, 0.4) is 0 Å². The van der Waals surface area contributed by atoms with Crippen molar-refractivity contribution in [2.45, 2.75) is 0 Å². The summed E-state index contributed by atoms with van der Waals surface area (Å²) < 4.78 is 40.3. The molecule has 0 aliphatic carbocycles. The maximum Gasteiger partial charge on any atom is 0.162 e. The third-order valence-corrected chi connectivity index (χ3v) is 3.18. The Labute approximate surface area is 115 Å². The van der Waals surface area contributed by atoms with E-state index in [9.17, 15) is 13.2 Å². The van der Waals surface area contributed by atoms with Crippen LogP contribution in [-0.2, 0) is 0 Å². The smallest absolute Gasteiger partial charge is 0.162 e. The fraction of sp³-hybridized carbons (Fsp3) is 0. The topological polar surface area (TPSA) is 35.8 Å². The molecule has 0 amide bonds. The van der Waals surface area contributed by atoms with E-state index >= 15 is 0 Å². The van der Waals surface area contributed by atoms with E-state index in [4.69, 9.17) is 5.26 Å². The van der Waals surface area contributed by atoms with Gasteiger partial charge in [0, 0.05) is 6.07 Å². The number of hydrogen-bond acceptors (Lipinski definition) is 2. The van der Waals surface area contributed by atoms with Crippen molar-refractivity contribution < 1.29 is 13.2 Å². The van der Waals surface area contributed by atoms with Crippen molar-refractivity contribution in [3.63, 3.8) is 0 Å². The normalized spacial score (nSPS) is 10.1. The van der Waals surface area contributed by atoms with Gasteiger partial charge in [0.15, 0.2) is 5.82 Å². The zero-order valence-corrected chi connectivity index (χ0v) is 10.9. The van der Waals surface area contributed by atoms with Crippen LogP contribution >= 0.6 is 15.9 Å². The molecule has 6 heteroatoms. The van der Waals surface area contributed by atoms with Gasteiger partial charge in [-0.3, -0.25) is 0 Å². The minimum absolute atomic E-state index is 0.0307. The van der Waals surface area contributed by atoms with Crippen LogP contribution in [0.1, 0.15) is 5.56 Å². The van der Waals surface area contributed by atoms with Crippen LogP contribution in [-0.4, -0.2) is 0 Å². The maximum absolute atomic E-state index is 13.9. The number of rotatable bonds is 2. The molecule has 0 aliphatic rings. The fourth-order valence-electron chi connectivity index (χ4n) is 1.47. The SMILES string of the molecule is N#Cc1ccc(Nc2cc(F)ccc2F)c(F)c1Br. The summed E-state index contributed by atoms with van der Waals surface area (Å²) in [6.45, 7) is 0. The molecule has 96 valence electrons. The van der Waals surface area contributed by atoms with Gasteiger partial charge in [-0.05, 0) is 40.2 Å². The maximum atomic E-state index is 13.9. The first-order chi connectivity index (χ1) is 9.02. The van der Waals surface area contributed by atoms with Gasteiger partial charge >= 0.3 is 0 Å². The minimum atomic E-state index is -0.747. The van der Waals surface area contributed by atoms with Gasteiger partial charge in [0.1, 0.15) is 17.7 Å². The van der Waals surface area contributed by atoms with Crippen LogP contribution in [0.2, 0.25) is 0 Å². The molecule has 0 spiro atoms. The summed E-state index contributed by atoms with van der Waals surface area (Å²) in [5.41, 5.74) is -0.131. The van der Waals surface area contributed by atoms with Crippen molar-refractivity contribution in [3.05, 3.63) is 57.8 Å². The molecule has 19 heavy (non-hydrogen) atoms. The molecule has 0 unspecified atom stereocenters. The summed E-state index contributed by atoms with van der Waals surface area (Å²) >= 11 is 2.93. The van der Waals surface area contributed by atoms with Crippen LogP contribution < -0.4 is 5.32 Å². The van der Waals surface area contributed by atoms with E-state index < -0.39 is 17.5 Å². The summed E-state index contributed by atoms with van der Waals surface area (Å²) in [5.74, 6) is -2.10. The van der Waals surface area contributed by atoms with Crippen molar-refractivity contribution in [1.82, 2.24) is 0 Å². The molecule has 0 atom stereocenters. The van der Waals surface area contributed by atoms with Crippen LogP contribution in [0.5, 0.6) is 0 Å². The third kappa shape index (κ3) is 2.71. The van der Waals surface area contributed by atoms with E-state index in [-0.39, 0.29) is 21.4 Å². The molecular weight excluding hydrogens is 321 g/mol. The lowest BCUT2D eigenvalue weighted by Crippen LogP contribution is -1.98. The van der Waals surface area contributed by atoms with Crippen LogP contribution in [0.15, 0.2) is 34.8 Å². The Balaban J connectivity index is 2.42. The molecule has 2 aromatic carbocycles. The van der Waals surface area contributed by atoms with Crippen molar-refractivity contribution in [3.8, 4) is 6.07 Å². The summed E-state index contributed by atoms with van der Waals surface area (Å²) in [5, 5.41) is 11.2. The lowest BCUT2D eigenvalue weighted by atomic mass is 10.2. The summed E-state index contributed by atoms with van der Waals surface area (Å²) in [6, 6.07) is 7.27. The number of hydrogen-bond donors (Lipinski definition) is 1. The van der Waals surface area contributed by atoms with E-state index in [1.807, 2.05) is 0 Å². The largest absolute Gasteiger partial charge is 0.351 e. The standard InChI is InChI=1S/C13H6BrF3N2/c14-12-7(6-18)1-4-10(13(12)17)19-11-5-8(15)2-3-9(11)16/h1-5,19H. The van der Waals surface area contributed by atoms with Gasteiger partial charge in [-0.1, -0.05) is 0 Å². The molecule has 0 saturated carbocycles. The number of nitriles is 1. The van der Waals surface area contributed by atoms with Gasteiger partial charge in [-0.25, -0.2) is 13.2 Å². The molecule has 0 bridgehead atoms. The average Bonchev–Trinajstić information content (AvgIpc) is 2.39. The first-order valence-electron chi connectivity index (χ1n) is 5.13. The van der Waals surface area contributed by atoms with Gasteiger partial charge in [0.2, 0.25) is 0 Å². The second-order valence-corrected chi connectivity index (χ2v) is 4.44. The number of nitrogens with one attached hydrogen (secondary N) is 1. The summed E-state index contributed by atoms with van der Waals surface area (Å²) in [6.07, 6.45) is 0. The van der Waals surface area contributed by atoms with E-state index in [2.05, 4.69) is 21.2 Å². The Morgan fingerprint density at radius 3 is 2.47 bits per heavy atom. The highest BCUT2D eigenvalue weighted by atomic mass is 79.9. The molecule has 0 fully saturated rings. The van der Waals surface area contributed by atoms with Crippen LogP contribution in [0.25, 0.3) is 0 Å². The van der Waals surface area contributed by atoms with Gasteiger partial charge < -0.3 is 5.32 Å². The Hall–Kier alpha value is -2.00. The molecule has 2 nitrogen and oxygen atoms in total. The molecule has 2 rings (SSSR count). The van der Waals surface area contributed by atoms with Crippen molar-refractivity contribution >= 4 is 27.3 Å². The molecule has 0 aromatic heterocycles. The molecule has 0 heterocycles. The van der Waals surface area contributed by atoms with Crippen molar-refractivity contribution in [1.29, 1.82) is 5.26 Å². The highest BCUT2D eigenvalue weighted by Gasteiger charge is 2.13. The predicted octanol–water partition coefficient (Wildman–Crippen LogP) is 4.48. The second kappa shape index (κ2) is 5.33. The Morgan fingerprint density at radius 2 is 1.79 bits per heavy atom. The fourth-order valence-corrected chi connectivity index (χ4v) is 1.91. The number of halogens is 4. The van der Waals surface area contributed by atoms with Gasteiger partial charge in [-0.2, -0.15) is 5.26 Å². The summed E-state index contributed by atoms with van der Waals surface area (Å²) in [4.78, 5) is 0. The first kappa shape index (κ1) is 13.4. The Kier molecular flexibility index (Phi) is 3.76. The monoisotopic (exact) mass is 326 g/mol. The molecule has 2 aromatic rings. The third-order valence-electron chi connectivity index (χ3n) is 2.40. The van der Waals surface area contributed by atoms with Crippen molar-refractivity contribution in [2.24, 2.45) is 0 Å². The first-order valence-corrected chi connectivity index (χ1v) is 5.92. The highest BCUT2D eigenvalue weighted by molar-refractivity contribution is 9.10. The number of nitrogens with zero attached hydrogens (tertiary/aromatic N) is 1. The van der Waals surface area contributed by atoms with Crippen molar-refractivity contribution in [2.75, 3.05) is 5.32 Å². The predicted molar refractivity (Wildman–Crippen MR) is 68.5 cm³/mol. The highest BCUT2D eigenvalue weighted by Crippen LogP contribution is 2.29. The number of anilines is 2. The minimum Gasteiger partial charge on any atom is -0.351 e. The summed E-state index contributed by atoms with van der Waals surface area (Å²) in [7, 11) is 0. The van der Waals surface area contributed by atoms with Crippen LogP contribution in [0.4, 0.5) is 24.5 Å². The molecule has 0 saturated heterocycles. The molecule has 1 N–H and O–H groups in total. The van der Waals surface area contributed by atoms with Gasteiger partial charge in [0.05, 0.1) is 21.4 Å². The van der Waals surface area contributed by atoms with Crippen LogP contribution in [0, 0.1) is 28.8 Å². The quantitative estimate of drug-likeness (QED) is 0.883. The molecule has 0 radical (unpaired) electrons. The van der Waals surface area contributed by atoms with E-state index in [1.54, 1.807) is 6.07 Å². The number of benzene rings is 2. The molecule has 0 aliphatic heterocycles. The van der Waals surface area contributed by atoms with E-state index in [0.717, 1.165) is 18.2 Å². The van der Waals surface area contributed by atoms with Gasteiger partial charge in [0.25, 0.3) is 0 Å². The second-order valence-electron chi connectivity index (χ2n) is 3.65. The van der Waals surface area contributed by atoms with E-state index in [0.29, 0.717) is 0 Å². The average molecular weight is 327 g/mol. The molecular formula is C13H6BrF3N2. The van der Waals surface area contributed by atoms with Gasteiger partial charge in [-0.15, -0.1) is 0 Å². The Bertz CT molecular complexity index is 680. The lowest BCUT2D eigenvalue weighted by Gasteiger charge is -2.10. The lowest BCUT2D eigenvalue weighted by molar-refractivity contribution is 0.602. The van der Waals surface area contributed by atoms with E-state index in [1.165, 1.54) is 12.1 Å². The zero-order chi connectivity index (χ0) is 14.0.